The predicted molar refractivity (Wildman–Crippen MR) is 169 cm³/mol. The Morgan fingerprint density at radius 1 is 1.09 bits per heavy atom. The van der Waals surface area contributed by atoms with Gasteiger partial charge >= 0.3 is 0 Å². The van der Waals surface area contributed by atoms with Gasteiger partial charge in [0.15, 0.2) is 0 Å². The van der Waals surface area contributed by atoms with E-state index in [0.29, 0.717) is 65.7 Å². The van der Waals surface area contributed by atoms with Crippen LogP contribution in [0.5, 0.6) is 0 Å². The largest absolute Gasteiger partial charge is 0.395 e. The van der Waals surface area contributed by atoms with E-state index < -0.39 is 0 Å². The lowest BCUT2D eigenvalue weighted by molar-refractivity contribution is -0.119. The summed E-state index contributed by atoms with van der Waals surface area (Å²) in [6, 6.07) is 15.8. The minimum atomic E-state index is -0.377. The number of carbonyl (C=O) groups excluding carboxylic acids is 2. The number of aliphatic hydroxyl groups is 1. The maximum absolute atomic E-state index is 15.1. The van der Waals surface area contributed by atoms with Gasteiger partial charge in [-0.2, -0.15) is 0 Å². The third-order valence-electron chi connectivity index (χ3n) is 7.55. The summed E-state index contributed by atoms with van der Waals surface area (Å²) in [7, 11) is 0. The Hall–Kier alpha value is -4.22. The van der Waals surface area contributed by atoms with Gasteiger partial charge in [-0.25, -0.2) is 4.39 Å². The molecule has 1 aliphatic rings. The van der Waals surface area contributed by atoms with E-state index in [0.717, 1.165) is 23.1 Å². The van der Waals surface area contributed by atoms with Crippen molar-refractivity contribution in [1.29, 1.82) is 0 Å². The van der Waals surface area contributed by atoms with Crippen molar-refractivity contribution < 1.29 is 19.1 Å². The molecule has 0 bridgehead atoms. The third-order valence-corrected chi connectivity index (χ3v) is 7.94. The van der Waals surface area contributed by atoms with Crippen LogP contribution in [0, 0.1) is 12.7 Å². The predicted octanol–water partition coefficient (Wildman–Crippen LogP) is 4.61. The first-order valence-corrected chi connectivity index (χ1v) is 14.8. The first kappa shape index (κ1) is 31.2. The van der Waals surface area contributed by atoms with Crippen molar-refractivity contribution in [1.82, 2.24) is 25.9 Å². The van der Waals surface area contributed by atoms with Crippen LogP contribution in [0.1, 0.15) is 40.0 Å². The molecule has 1 saturated heterocycles. The minimum absolute atomic E-state index is 0.0484. The molecule has 3 heterocycles. The normalized spacial score (nSPS) is 14.5. The molecule has 4 aromatic rings. The van der Waals surface area contributed by atoms with Gasteiger partial charge in [0.1, 0.15) is 11.5 Å². The number of hydrogen-bond acceptors (Lipinski definition) is 7. The summed E-state index contributed by atoms with van der Waals surface area (Å²) in [6.45, 7) is 3.87. The van der Waals surface area contributed by atoms with E-state index in [2.05, 4.69) is 31.2 Å². The second-order valence-corrected chi connectivity index (χ2v) is 11.0. The smallest absolute Gasteiger partial charge is 0.274 e. The van der Waals surface area contributed by atoms with Gasteiger partial charge in [0.25, 0.3) is 5.91 Å². The highest BCUT2D eigenvalue weighted by molar-refractivity contribution is 6.35. The van der Waals surface area contributed by atoms with Gasteiger partial charge in [-0.15, -0.1) is 0 Å². The average Bonchev–Trinajstić information content (AvgIpc) is 3.44. The van der Waals surface area contributed by atoms with E-state index >= 15 is 4.39 Å². The standard InChI is InChI=1S/C33H34ClFN6O3/c1-20-25(3-2-4-28(20)41-33(44)29-9-5-21(17-39-29)16-36-13-14-42)26-11-12-38-32(31(26)34)22-6-7-23(27(35)15-22)18-37-19-24-8-10-30(43)40-24/h2-7,9,11-12,15,17,24,36-37,42H,8,10,13-14,16,18-19H2,1H3,(H,40,43)(H,41,44). The van der Waals surface area contributed by atoms with Crippen molar-refractivity contribution in [3.63, 3.8) is 0 Å². The van der Waals surface area contributed by atoms with Crippen LogP contribution in [0.2, 0.25) is 5.02 Å². The van der Waals surface area contributed by atoms with Crippen molar-refractivity contribution >= 4 is 29.1 Å². The van der Waals surface area contributed by atoms with Crippen LogP contribution >= 0.6 is 11.6 Å². The number of pyridine rings is 2. The molecule has 0 saturated carbocycles. The van der Waals surface area contributed by atoms with Crippen LogP contribution in [0.4, 0.5) is 10.1 Å². The number of rotatable bonds is 12. The quantitative estimate of drug-likeness (QED) is 0.147. The number of amides is 2. The zero-order valence-corrected chi connectivity index (χ0v) is 25.0. The third kappa shape index (κ3) is 7.46. The van der Waals surface area contributed by atoms with Crippen LogP contribution in [-0.2, 0) is 17.9 Å². The number of aromatic nitrogens is 2. The summed E-state index contributed by atoms with van der Waals surface area (Å²) >= 11 is 6.88. The summed E-state index contributed by atoms with van der Waals surface area (Å²) in [4.78, 5) is 33.1. The minimum Gasteiger partial charge on any atom is -0.395 e. The number of anilines is 1. The van der Waals surface area contributed by atoms with Crippen molar-refractivity contribution in [2.45, 2.75) is 38.9 Å². The van der Waals surface area contributed by atoms with Crippen LogP contribution in [0.25, 0.3) is 22.4 Å². The first-order chi connectivity index (χ1) is 21.3. The number of aliphatic hydroxyl groups excluding tert-OH is 1. The van der Waals surface area contributed by atoms with Crippen molar-refractivity contribution in [2.75, 3.05) is 25.0 Å². The van der Waals surface area contributed by atoms with Gasteiger partial charge in [0, 0.05) is 73.4 Å². The van der Waals surface area contributed by atoms with Gasteiger partial charge < -0.3 is 26.4 Å². The zero-order chi connectivity index (χ0) is 31.1. The molecule has 0 aliphatic carbocycles. The fraction of sp³-hybridized carbons (Fsp3) is 0.273. The summed E-state index contributed by atoms with van der Waals surface area (Å²) in [5.41, 5.74) is 5.59. The average molecular weight is 617 g/mol. The molecular weight excluding hydrogens is 583 g/mol. The molecule has 2 amide bonds. The number of nitrogens with zero attached hydrogens (tertiary/aromatic N) is 2. The molecule has 1 unspecified atom stereocenters. The van der Waals surface area contributed by atoms with E-state index in [1.165, 1.54) is 6.07 Å². The van der Waals surface area contributed by atoms with Crippen molar-refractivity contribution in [3.05, 3.63) is 100 Å². The molecule has 44 heavy (non-hydrogen) atoms. The molecule has 0 radical (unpaired) electrons. The van der Waals surface area contributed by atoms with E-state index in [9.17, 15) is 9.59 Å². The molecule has 0 spiro atoms. The van der Waals surface area contributed by atoms with E-state index in [4.69, 9.17) is 16.7 Å². The molecule has 5 N–H and O–H groups in total. The van der Waals surface area contributed by atoms with Gasteiger partial charge in [-0.1, -0.05) is 41.9 Å². The fourth-order valence-corrected chi connectivity index (χ4v) is 5.45. The fourth-order valence-electron chi connectivity index (χ4n) is 5.13. The molecule has 1 fully saturated rings. The van der Waals surface area contributed by atoms with Crippen LogP contribution < -0.4 is 21.3 Å². The van der Waals surface area contributed by atoms with E-state index in [-0.39, 0.29) is 36.0 Å². The van der Waals surface area contributed by atoms with E-state index in [1.807, 2.05) is 31.2 Å². The highest BCUT2D eigenvalue weighted by atomic mass is 35.5. The second-order valence-electron chi connectivity index (χ2n) is 10.6. The molecule has 1 atom stereocenters. The molecule has 9 nitrogen and oxygen atoms in total. The molecular formula is C33H34ClFN6O3. The lowest BCUT2D eigenvalue weighted by Crippen LogP contribution is -2.35. The Morgan fingerprint density at radius 3 is 2.68 bits per heavy atom. The monoisotopic (exact) mass is 616 g/mol. The summed E-state index contributed by atoms with van der Waals surface area (Å²) in [6.07, 6.45) is 4.56. The number of hydrogen-bond donors (Lipinski definition) is 5. The maximum Gasteiger partial charge on any atom is 0.274 e. The number of nitrogens with one attached hydrogen (secondary N) is 4. The van der Waals surface area contributed by atoms with Crippen molar-refractivity contribution in [3.8, 4) is 22.4 Å². The molecule has 5 rings (SSSR count). The maximum atomic E-state index is 15.1. The Bertz CT molecular complexity index is 1650. The Labute approximate surface area is 260 Å². The lowest BCUT2D eigenvalue weighted by Gasteiger charge is -2.15. The Morgan fingerprint density at radius 2 is 1.95 bits per heavy atom. The molecule has 1 aliphatic heterocycles. The van der Waals surface area contributed by atoms with Gasteiger partial charge in [-0.05, 0) is 54.3 Å². The summed E-state index contributed by atoms with van der Waals surface area (Å²) in [5.74, 6) is -0.675. The summed E-state index contributed by atoms with van der Waals surface area (Å²) < 4.78 is 15.1. The van der Waals surface area contributed by atoms with E-state index in [1.54, 1.807) is 36.7 Å². The Balaban J connectivity index is 1.30. The van der Waals surface area contributed by atoms with Crippen LogP contribution in [0.3, 0.4) is 0 Å². The van der Waals surface area contributed by atoms with Gasteiger partial charge in [0.2, 0.25) is 5.91 Å². The second kappa shape index (κ2) is 14.5. The zero-order valence-electron chi connectivity index (χ0n) is 24.3. The van der Waals surface area contributed by atoms with Crippen LogP contribution in [-0.4, -0.2) is 52.6 Å². The highest BCUT2D eigenvalue weighted by Crippen LogP contribution is 2.38. The lowest BCUT2D eigenvalue weighted by atomic mass is 9.97. The van der Waals surface area contributed by atoms with Gasteiger partial charge in [-0.3, -0.25) is 19.6 Å². The highest BCUT2D eigenvalue weighted by Gasteiger charge is 2.20. The number of carbonyl (C=O) groups is 2. The van der Waals surface area contributed by atoms with Crippen LogP contribution in [0.15, 0.2) is 67.0 Å². The number of benzene rings is 2. The molecule has 2 aromatic carbocycles. The molecule has 11 heteroatoms. The first-order valence-electron chi connectivity index (χ1n) is 14.4. The Kier molecular flexibility index (Phi) is 10.3. The molecule has 2 aromatic heterocycles. The topological polar surface area (TPSA) is 128 Å². The summed E-state index contributed by atoms with van der Waals surface area (Å²) in [5, 5.41) is 21.4. The number of halogens is 2. The molecule has 228 valence electrons. The SMILES string of the molecule is Cc1c(NC(=O)c2ccc(CNCCO)cn2)cccc1-c1ccnc(-c2ccc(CNCC3CCC(=O)N3)c(F)c2)c1Cl. The van der Waals surface area contributed by atoms with Gasteiger partial charge in [0.05, 0.1) is 17.3 Å². The van der Waals surface area contributed by atoms with Crippen molar-refractivity contribution in [2.24, 2.45) is 0 Å².